The molecule has 0 saturated heterocycles. The molecule has 0 bridgehead atoms. The minimum absolute atomic E-state index is 0.765. The lowest BCUT2D eigenvalue weighted by atomic mass is 10.1. The molecule has 0 amide bonds. The minimum Gasteiger partial charge on any atom is -0.240 e. The van der Waals surface area contributed by atoms with Crippen molar-refractivity contribution in [1.82, 2.24) is 4.98 Å². The second-order valence-electron chi connectivity index (χ2n) is 3.78. The summed E-state index contributed by atoms with van der Waals surface area (Å²) in [5.74, 6) is 0. The highest BCUT2D eigenvalue weighted by atomic mass is 35.5. The van der Waals surface area contributed by atoms with Crippen LogP contribution in [0.1, 0.15) is 17.0 Å². The summed E-state index contributed by atoms with van der Waals surface area (Å²) in [6.45, 7) is 0. The molecule has 1 heterocycles. The van der Waals surface area contributed by atoms with Crippen LogP contribution in [0.2, 0.25) is 5.02 Å². The molecular formula is C13H10ClNS. The molecule has 0 aliphatic heterocycles. The van der Waals surface area contributed by atoms with Gasteiger partial charge in [-0.1, -0.05) is 29.8 Å². The molecule has 2 aromatic rings. The van der Waals surface area contributed by atoms with Gasteiger partial charge in [-0.05, 0) is 31.1 Å². The smallest absolute Gasteiger partial charge is 0.124 e. The maximum atomic E-state index is 5.98. The van der Waals surface area contributed by atoms with Crippen molar-refractivity contribution in [2.45, 2.75) is 12.8 Å². The minimum atomic E-state index is 0.765. The van der Waals surface area contributed by atoms with Crippen LogP contribution in [0.15, 0.2) is 30.3 Å². The Hall–Kier alpha value is -1.12. The first kappa shape index (κ1) is 10.1. The second kappa shape index (κ2) is 4.04. The van der Waals surface area contributed by atoms with Crippen molar-refractivity contribution in [2.75, 3.05) is 0 Å². The van der Waals surface area contributed by atoms with Gasteiger partial charge in [-0.3, -0.25) is 0 Å². The van der Waals surface area contributed by atoms with Crippen LogP contribution in [-0.2, 0) is 6.42 Å². The Kier molecular flexibility index (Phi) is 2.54. The van der Waals surface area contributed by atoms with E-state index < -0.39 is 0 Å². The molecule has 1 aliphatic carbocycles. The van der Waals surface area contributed by atoms with Gasteiger partial charge >= 0.3 is 0 Å². The molecule has 0 radical (unpaired) electrons. The Labute approximate surface area is 103 Å². The first-order valence-electron chi connectivity index (χ1n) is 5.25. The highest BCUT2D eigenvalue weighted by molar-refractivity contribution is 7.16. The highest BCUT2D eigenvalue weighted by Gasteiger charge is 2.12. The number of allylic oxidation sites excluding steroid dienone is 1. The molecule has 80 valence electrons. The van der Waals surface area contributed by atoms with E-state index in [2.05, 4.69) is 23.2 Å². The quantitative estimate of drug-likeness (QED) is 0.727. The summed E-state index contributed by atoms with van der Waals surface area (Å²) < 4.78 is 0. The number of thiazole rings is 1. The van der Waals surface area contributed by atoms with Crippen molar-refractivity contribution < 1.29 is 0 Å². The van der Waals surface area contributed by atoms with Gasteiger partial charge in [0.1, 0.15) is 5.01 Å². The van der Waals surface area contributed by atoms with Crippen LogP contribution >= 0.6 is 22.9 Å². The molecule has 0 saturated carbocycles. The highest BCUT2D eigenvalue weighted by Crippen LogP contribution is 2.32. The van der Waals surface area contributed by atoms with Crippen molar-refractivity contribution in [3.05, 3.63) is 45.9 Å². The molecule has 1 aliphatic rings. The van der Waals surface area contributed by atoms with Crippen molar-refractivity contribution in [3.63, 3.8) is 0 Å². The number of hydrogen-bond acceptors (Lipinski definition) is 2. The van der Waals surface area contributed by atoms with E-state index in [1.807, 2.05) is 18.2 Å². The van der Waals surface area contributed by atoms with Crippen molar-refractivity contribution in [1.29, 1.82) is 0 Å². The van der Waals surface area contributed by atoms with E-state index >= 15 is 0 Å². The van der Waals surface area contributed by atoms with Crippen molar-refractivity contribution in [2.24, 2.45) is 0 Å². The summed E-state index contributed by atoms with van der Waals surface area (Å²) in [6.07, 6.45) is 6.54. The molecule has 0 atom stereocenters. The normalized spacial score (nSPS) is 13.8. The topological polar surface area (TPSA) is 12.9 Å². The fraction of sp³-hybridized carbons (Fsp3) is 0.154. The third-order valence-corrected chi connectivity index (χ3v) is 3.96. The van der Waals surface area contributed by atoms with Crippen LogP contribution in [0.4, 0.5) is 0 Å². The first-order chi connectivity index (χ1) is 7.83. The molecule has 0 spiro atoms. The number of aryl methyl sites for hydroxylation is 1. The first-order valence-corrected chi connectivity index (χ1v) is 6.44. The number of rotatable bonds is 1. The molecular weight excluding hydrogens is 238 g/mol. The summed E-state index contributed by atoms with van der Waals surface area (Å²) in [5, 5.41) is 1.83. The van der Waals surface area contributed by atoms with Gasteiger partial charge in [0.05, 0.1) is 10.6 Å². The van der Waals surface area contributed by atoms with Gasteiger partial charge in [0.25, 0.3) is 0 Å². The van der Waals surface area contributed by atoms with Crippen LogP contribution in [0.3, 0.4) is 0 Å². The zero-order valence-electron chi connectivity index (χ0n) is 8.61. The van der Waals surface area contributed by atoms with E-state index in [0.29, 0.717) is 0 Å². The van der Waals surface area contributed by atoms with E-state index in [-0.39, 0.29) is 0 Å². The van der Waals surface area contributed by atoms with Crippen LogP contribution in [0.25, 0.3) is 16.6 Å². The number of nitrogens with zero attached hydrogens (tertiary/aromatic N) is 1. The van der Waals surface area contributed by atoms with Gasteiger partial charge in [-0.25, -0.2) is 4.98 Å². The standard InChI is InChI=1S/C13H10ClNS/c14-10-5-3-4-9(8-10)13-15-11-6-1-2-7-12(11)16-13/h2-5,7-8H,1,6H2. The van der Waals surface area contributed by atoms with E-state index in [1.165, 1.54) is 10.6 Å². The van der Waals surface area contributed by atoms with Gasteiger partial charge in [0.2, 0.25) is 0 Å². The molecule has 1 aromatic heterocycles. The van der Waals surface area contributed by atoms with Crippen molar-refractivity contribution >= 4 is 29.0 Å². The fourth-order valence-corrected chi connectivity index (χ4v) is 3.06. The second-order valence-corrected chi connectivity index (χ2v) is 5.25. The third-order valence-electron chi connectivity index (χ3n) is 2.62. The molecule has 0 unspecified atom stereocenters. The average Bonchev–Trinajstić information content (AvgIpc) is 2.72. The lowest BCUT2D eigenvalue weighted by molar-refractivity contribution is 0.947. The Morgan fingerprint density at radius 2 is 2.25 bits per heavy atom. The van der Waals surface area contributed by atoms with Crippen LogP contribution in [-0.4, -0.2) is 4.98 Å². The Morgan fingerprint density at radius 3 is 3.06 bits per heavy atom. The monoisotopic (exact) mass is 247 g/mol. The number of aromatic nitrogens is 1. The molecule has 1 aromatic carbocycles. The predicted octanol–water partition coefficient (Wildman–Crippen LogP) is 4.42. The Bertz CT molecular complexity index is 557. The largest absolute Gasteiger partial charge is 0.240 e. The summed E-state index contributed by atoms with van der Waals surface area (Å²) in [7, 11) is 0. The Morgan fingerprint density at radius 1 is 1.31 bits per heavy atom. The zero-order chi connectivity index (χ0) is 11.0. The molecule has 0 N–H and O–H groups in total. The molecule has 1 nitrogen and oxygen atoms in total. The summed E-state index contributed by atoms with van der Waals surface area (Å²) >= 11 is 7.72. The summed E-state index contributed by atoms with van der Waals surface area (Å²) in [5.41, 5.74) is 2.34. The average molecular weight is 248 g/mol. The molecule has 3 rings (SSSR count). The fourth-order valence-electron chi connectivity index (χ4n) is 1.83. The predicted molar refractivity (Wildman–Crippen MR) is 69.9 cm³/mol. The van der Waals surface area contributed by atoms with E-state index in [0.717, 1.165) is 28.4 Å². The molecule has 16 heavy (non-hydrogen) atoms. The summed E-state index contributed by atoms with van der Waals surface area (Å²) in [6, 6.07) is 7.88. The van der Waals surface area contributed by atoms with Crippen LogP contribution in [0, 0.1) is 0 Å². The SMILES string of the molecule is Clc1cccc(-c2nc3c(s2)C=CCC3)c1. The van der Waals surface area contributed by atoms with Gasteiger partial charge in [-0.15, -0.1) is 11.3 Å². The lowest BCUT2D eigenvalue weighted by Gasteiger charge is -1.99. The van der Waals surface area contributed by atoms with Gasteiger partial charge in [0, 0.05) is 10.6 Å². The Balaban J connectivity index is 2.07. The molecule has 3 heteroatoms. The van der Waals surface area contributed by atoms with E-state index in [4.69, 9.17) is 11.6 Å². The third kappa shape index (κ3) is 1.79. The maximum absolute atomic E-state index is 5.98. The van der Waals surface area contributed by atoms with Gasteiger partial charge < -0.3 is 0 Å². The zero-order valence-corrected chi connectivity index (χ0v) is 10.2. The van der Waals surface area contributed by atoms with Gasteiger partial charge in [-0.2, -0.15) is 0 Å². The molecule has 0 fully saturated rings. The number of hydrogen-bond donors (Lipinski definition) is 0. The van der Waals surface area contributed by atoms with E-state index in [1.54, 1.807) is 11.3 Å². The van der Waals surface area contributed by atoms with E-state index in [9.17, 15) is 0 Å². The van der Waals surface area contributed by atoms with Crippen LogP contribution < -0.4 is 0 Å². The van der Waals surface area contributed by atoms with Crippen molar-refractivity contribution in [3.8, 4) is 10.6 Å². The number of fused-ring (bicyclic) bond motifs is 1. The van der Waals surface area contributed by atoms with Gasteiger partial charge in [0.15, 0.2) is 0 Å². The number of benzene rings is 1. The summed E-state index contributed by atoms with van der Waals surface area (Å²) in [4.78, 5) is 5.96. The van der Waals surface area contributed by atoms with Crippen LogP contribution in [0.5, 0.6) is 0 Å². The maximum Gasteiger partial charge on any atom is 0.124 e. The number of halogens is 1. The lowest BCUT2D eigenvalue weighted by Crippen LogP contribution is -1.90.